The van der Waals surface area contributed by atoms with Crippen molar-refractivity contribution in [1.82, 2.24) is 4.90 Å². The van der Waals surface area contributed by atoms with Crippen molar-refractivity contribution >= 4 is 11.9 Å². The van der Waals surface area contributed by atoms with Gasteiger partial charge in [-0.15, -0.1) is 0 Å². The van der Waals surface area contributed by atoms with Gasteiger partial charge in [0.1, 0.15) is 6.26 Å². The van der Waals surface area contributed by atoms with Crippen LogP contribution in [0.2, 0.25) is 0 Å². The van der Waals surface area contributed by atoms with E-state index < -0.39 is 5.97 Å². The number of amides is 1. The Labute approximate surface area is 86.3 Å². The lowest BCUT2D eigenvalue weighted by molar-refractivity contribution is 0.0695. The average Bonchev–Trinajstić information content (AvgIpc) is 2.93. The van der Waals surface area contributed by atoms with Gasteiger partial charge in [0.2, 0.25) is 0 Å². The predicted molar refractivity (Wildman–Crippen MR) is 50.8 cm³/mol. The summed E-state index contributed by atoms with van der Waals surface area (Å²) in [6, 6.07) is 1.54. The fraction of sp³-hybridized carbons (Fsp3) is 0.400. The number of hydrogen-bond donors (Lipinski definition) is 1. The van der Waals surface area contributed by atoms with Gasteiger partial charge in [0.05, 0.1) is 5.56 Å². The molecule has 15 heavy (non-hydrogen) atoms. The summed E-state index contributed by atoms with van der Waals surface area (Å²) in [5, 5.41) is 8.66. The van der Waals surface area contributed by atoms with E-state index in [1.807, 2.05) is 0 Å². The quantitative estimate of drug-likeness (QED) is 0.812. The van der Waals surface area contributed by atoms with Gasteiger partial charge in [-0.25, -0.2) is 4.79 Å². The number of hydrogen-bond acceptors (Lipinski definition) is 3. The average molecular weight is 209 g/mol. The van der Waals surface area contributed by atoms with Crippen LogP contribution in [0, 0.1) is 0 Å². The predicted octanol–water partition coefficient (Wildman–Crippen LogP) is 1.21. The van der Waals surface area contributed by atoms with Gasteiger partial charge in [-0.05, 0) is 12.8 Å². The molecule has 1 N–H and O–H groups in total. The van der Waals surface area contributed by atoms with Crippen molar-refractivity contribution in [1.29, 1.82) is 0 Å². The molecule has 0 aliphatic heterocycles. The molecule has 0 unspecified atom stereocenters. The Morgan fingerprint density at radius 1 is 1.53 bits per heavy atom. The molecule has 80 valence electrons. The Balaban J connectivity index is 2.14. The third-order valence-electron chi connectivity index (χ3n) is 2.47. The number of nitrogens with zero attached hydrogens (tertiary/aromatic N) is 1. The van der Waals surface area contributed by atoms with Crippen LogP contribution in [0.25, 0.3) is 0 Å². The number of aromatic carboxylic acids is 1. The maximum absolute atomic E-state index is 11.7. The van der Waals surface area contributed by atoms with E-state index in [4.69, 9.17) is 9.52 Å². The minimum absolute atomic E-state index is 0.00236. The molecule has 0 spiro atoms. The first-order chi connectivity index (χ1) is 7.09. The molecule has 1 heterocycles. The monoisotopic (exact) mass is 209 g/mol. The van der Waals surface area contributed by atoms with E-state index >= 15 is 0 Å². The summed E-state index contributed by atoms with van der Waals surface area (Å²) >= 11 is 0. The molecule has 1 saturated carbocycles. The summed E-state index contributed by atoms with van der Waals surface area (Å²) in [5.41, 5.74) is 0.00236. The Morgan fingerprint density at radius 2 is 2.20 bits per heavy atom. The molecular formula is C10H11NO4. The van der Waals surface area contributed by atoms with Crippen LogP contribution in [0.3, 0.4) is 0 Å². The molecule has 0 radical (unpaired) electrons. The summed E-state index contributed by atoms with van der Waals surface area (Å²) in [5.74, 6) is -1.27. The van der Waals surface area contributed by atoms with Gasteiger partial charge in [0.25, 0.3) is 5.91 Å². The van der Waals surface area contributed by atoms with Crippen molar-refractivity contribution < 1.29 is 19.1 Å². The lowest BCUT2D eigenvalue weighted by Crippen LogP contribution is -2.28. The van der Waals surface area contributed by atoms with E-state index in [1.165, 1.54) is 6.07 Å². The number of carbonyl (C=O) groups is 2. The van der Waals surface area contributed by atoms with Crippen LogP contribution in [0.1, 0.15) is 33.8 Å². The van der Waals surface area contributed by atoms with E-state index in [-0.39, 0.29) is 23.3 Å². The minimum atomic E-state index is -1.09. The molecule has 1 amide bonds. The first-order valence-corrected chi connectivity index (χ1v) is 4.68. The Bertz CT molecular complexity index is 405. The van der Waals surface area contributed by atoms with E-state index in [2.05, 4.69) is 0 Å². The van der Waals surface area contributed by atoms with Crippen molar-refractivity contribution in [3.05, 3.63) is 23.7 Å². The zero-order chi connectivity index (χ0) is 11.0. The fourth-order valence-electron chi connectivity index (χ4n) is 1.36. The number of carboxylic acid groups (broad SMARTS) is 1. The molecular weight excluding hydrogens is 198 g/mol. The molecule has 1 aliphatic carbocycles. The van der Waals surface area contributed by atoms with Gasteiger partial charge in [-0.3, -0.25) is 4.79 Å². The summed E-state index contributed by atoms with van der Waals surface area (Å²) in [7, 11) is 1.70. The van der Waals surface area contributed by atoms with Gasteiger partial charge in [0, 0.05) is 19.2 Å². The maximum Gasteiger partial charge on any atom is 0.338 e. The topological polar surface area (TPSA) is 70.8 Å². The molecule has 1 aromatic rings. The van der Waals surface area contributed by atoms with E-state index in [0.29, 0.717) is 0 Å². The minimum Gasteiger partial charge on any atom is -0.478 e. The number of carbonyl (C=O) groups excluding carboxylic acids is 1. The van der Waals surface area contributed by atoms with Gasteiger partial charge >= 0.3 is 5.97 Å². The molecule has 0 saturated heterocycles. The largest absolute Gasteiger partial charge is 0.478 e. The molecule has 0 bridgehead atoms. The Kier molecular flexibility index (Phi) is 2.22. The van der Waals surface area contributed by atoms with Crippen LogP contribution < -0.4 is 0 Å². The SMILES string of the molecule is CN(C(=O)c1cc(C(=O)O)co1)C1CC1. The van der Waals surface area contributed by atoms with Crippen LogP contribution in [0.4, 0.5) is 0 Å². The van der Waals surface area contributed by atoms with Crippen LogP contribution in [-0.2, 0) is 0 Å². The first-order valence-electron chi connectivity index (χ1n) is 4.68. The third-order valence-corrected chi connectivity index (χ3v) is 2.47. The molecule has 2 rings (SSSR count). The van der Waals surface area contributed by atoms with Crippen LogP contribution >= 0.6 is 0 Å². The standard InChI is InChI=1S/C10H11NO4/c1-11(7-2-3-7)9(12)8-4-6(5-15-8)10(13)14/h4-5,7H,2-3H2,1H3,(H,13,14). The highest BCUT2D eigenvalue weighted by atomic mass is 16.4. The summed E-state index contributed by atoms with van der Waals surface area (Å²) in [6.45, 7) is 0. The van der Waals surface area contributed by atoms with E-state index in [1.54, 1.807) is 11.9 Å². The van der Waals surface area contributed by atoms with Gasteiger partial charge in [-0.2, -0.15) is 0 Å². The fourth-order valence-corrected chi connectivity index (χ4v) is 1.36. The first kappa shape index (κ1) is 9.76. The normalized spacial score (nSPS) is 15.0. The zero-order valence-electron chi connectivity index (χ0n) is 8.27. The van der Waals surface area contributed by atoms with Gasteiger partial charge < -0.3 is 14.4 Å². The Morgan fingerprint density at radius 3 is 2.67 bits per heavy atom. The van der Waals surface area contributed by atoms with E-state index in [0.717, 1.165) is 19.1 Å². The lowest BCUT2D eigenvalue weighted by atomic mass is 10.3. The summed E-state index contributed by atoms with van der Waals surface area (Å²) in [6.07, 6.45) is 3.10. The summed E-state index contributed by atoms with van der Waals surface area (Å²) < 4.78 is 4.91. The molecule has 1 aliphatic rings. The highest BCUT2D eigenvalue weighted by Gasteiger charge is 2.31. The smallest absolute Gasteiger partial charge is 0.338 e. The molecule has 5 nitrogen and oxygen atoms in total. The van der Waals surface area contributed by atoms with Crippen molar-refractivity contribution in [2.75, 3.05) is 7.05 Å². The van der Waals surface area contributed by atoms with Gasteiger partial charge in [-0.1, -0.05) is 0 Å². The highest BCUT2D eigenvalue weighted by molar-refractivity contribution is 5.95. The van der Waals surface area contributed by atoms with Crippen LogP contribution in [0.5, 0.6) is 0 Å². The van der Waals surface area contributed by atoms with Crippen LogP contribution in [-0.4, -0.2) is 35.0 Å². The van der Waals surface area contributed by atoms with E-state index in [9.17, 15) is 9.59 Å². The second-order valence-electron chi connectivity index (χ2n) is 3.65. The van der Waals surface area contributed by atoms with Gasteiger partial charge in [0.15, 0.2) is 5.76 Å². The second kappa shape index (κ2) is 3.42. The van der Waals surface area contributed by atoms with Crippen molar-refractivity contribution in [3.8, 4) is 0 Å². The van der Waals surface area contributed by atoms with Crippen molar-refractivity contribution in [2.24, 2.45) is 0 Å². The van der Waals surface area contributed by atoms with Crippen LogP contribution in [0.15, 0.2) is 16.7 Å². The second-order valence-corrected chi connectivity index (χ2v) is 3.65. The molecule has 0 atom stereocenters. The molecule has 5 heteroatoms. The lowest BCUT2D eigenvalue weighted by Gasteiger charge is -2.13. The third kappa shape index (κ3) is 1.86. The van der Waals surface area contributed by atoms with Crippen molar-refractivity contribution in [3.63, 3.8) is 0 Å². The molecule has 1 aromatic heterocycles. The Hall–Kier alpha value is -1.78. The zero-order valence-corrected chi connectivity index (χ0v) is 8.27. The summed E-state index contributed by atoms with van der Waals surface area (Å²) in [4.78, 5) is 23.9. The molecule has 0 aromatic carbocycles. The van der Waals surface area contributed by atoms with Crippen molar-refractivity contribution in [2.45, 2.75) is 18.9 Å². The molecule has 1 fully saturated rings. The number of rotatable bonds is 3. The maximum atomic E-state index is 11.7. The number of carboxylic acids is 1. The highest BCUT2D eigenvalue weighted by Crippen LogP contribution is 2.26. The number of furan rings is 1.